The lowest BCUT2D eigenvalue weighted by Gasteiger charge is -2.37. The second-order valence-corrected chi connectivity index (χ2v) is 6.05. The minimum Gasteiger partial charge on any atom is -0.316 e. The summed E-state index contributed by atoms with van der Waals surface area (Å²) >= 11 is 12.4. The van der Waals surface area contributed by atoms with Crippen LogP contribution in [0.5, 0.6) is 0 Å². The van der Waals surface area contributed by atoms with Crippen molar-refractivity contribution in [3.8, 4) is 0 Å². The van der Waals surface area contributed by atoms with Gasteiger partial charge in [0, 0.05) is 19.0 Å². The van der Waals surface area contributed by atoms with E-state index in [1.165, 1.54) is 17.5 Å². The van der Waals surface area contributed by atoms with Crippen molar-refractivity contribution in [3.05, 3.63) is 33.3 Å². The van der Waals surface area contributed by atoms with E-state index in [4.69, 9.17) is 23.2 Å². The highest BCUT2D eigenvalue weighted by atomic mass is 35.5. The normalized spacial score (nSPS) is 32.3. The monoisotopic (exact) mass is 255 g/mol. The van der Waals surface area contributed by atoms with Crippen molar-refractivity contribution in [1.29, 1.82) is 0 Å². The third-order valence-electron chi connectivity index (χ3n) is 4.27. The molecular weight excluding hydrogens is 241 g/mol. The first-order valence-corrected chi connectivity index (χ1v) is 6.55. The zero-order valence-electron chi connectivity index (χ0n) is 9.32. The molecule has 1 heterocycles. The van der Waals surface area contributed by atoms with Crippen LogP contribution in [0.3, 0.4) is 0 Å². The second kappa shape index (κ2) is 3.63. The molecule has 1 aromatic carbocycles. The van der Waals surface area contributed by atoms with Crippen molar-refractivity contribution in [1.82, 2.24) is 5.32 Å². The maximum atomic E-state index is 6.29. The van der Waals surface area contributed by atoms with E-state index in [-0.39, 0.29) is 0 Å². The first-order valence-electron chi connectivity index (χ1n) is 5.79. The number of nitrogens with one attached hydrogen (secondary N) is 1. The summed E-state index contributed by atoms with van der Waals surface area (Å²) in [6.07, 6.45) is 2.27. The molecular formula is C13H15Cl2N. The molecule has 1 aliphatic heterocycles. The summed E-state index contributed by atoms with van der Waals surface area (Å²) in [4.78, 5) is 0. The summed E-state index contributed by atoms with van der Waals surface area (Å²) in [7, 11) is 0. The molecule has 0 bridgehead atoms. The molecule has 3 heteroatoms. The van der Waals surface area contributed by atoms with Gasteiger partial charge in [-0.1, -0.05) is 36.2 Å². The van der Waals surface area contributed by atoms with Gasteiger partial charge in [-0.15, -0.1) is 0 Å². The molecule has 1 aromatic rings. The van der Waals surface area contributed by atoms with E-state index in [2.05, 4.69) is 18.3 Å². The Labute approximate surface area is 106 Å². The fraction of sp³-hybridized carbons (Fsp3) is 0.538. The fourth-order valence-corrected chi connectivity index (χ4v) is 3.66. The van der Waals surface area contributed by atoms with E-state index in [1.54, 1.807) is 0 Å². The number of benzene rings is 1. The van der Waals surface area contributed by atoms with Crippen molar-refractivity contribution < 1.29 is 0 Å². The highest BCUT2D eigenvalue weighted by Crippen LogP contribution is 2.49. The lowest BCUT2D eigenvalue weighted by molar-refractivity contribution is 0.277. The van der Waals surface area contributed by atoms with Gasteiger partial charge in [-0.2, -0.15) is 0 Å². The largest absolute Gasteiger partial charge is 0.316 e. The van der Waals surface area contributed by atoms with E-state index < -0.39 is 0 Å². The van der Waals surface area contributed by atoms with Gasteiger partial charge in [-0.05, 0) is 35.4 Å². The molecule has 2 aliphatic rings. The van der Waals surface area contributed by atoms with Gasteiger partial charge in [0.1, 0.15) is 0 Å². The lowest BCUT2D eigenvalue weighted by atomic mass is 9.67. The predicted molar refractivity (Wildman–Crippen MR) is 68.5 cm³/mol. The average molecular weight is 256 g/mol. The molecule has 2 atom stereocenters. The van der Waals surface area contributed by atoms with Gasteiger partial charge in [-0.25, -0.2) is 0 Å². The number of hydrogen-bond donors (Lipinski definition) is 1. The van der Waals surface area contributed by atoms with Gasteiger partial charge in [0.2, 0.25) is 0 Å². The van der Waals surface area contributed by atoms with Crippen molar-refractivity contribution in [2.75, 3.05) is 13.1 Å². The van der Waals surface area contributed by atoms with Gasteiger partial charge >= 0.3 is 0 Å². The number of halogens is 2. The van der Waals surface area contributed by atoms with Crippen LogP contribution in [0.15, 0.2) is 12.1 Å². The van der Waals surface area contributed by atoms with E-state index in [0.717, 1.165) is 24.5 Å². The Kier molecular flexibility index (Phi) is 2.47. The number of fused-ring (bicyclic) bond motifs is 3. The van der Waals surface area contributed by atoms with Crippen LogP contribution in [0.1, 0.15) is 30.4 Å². The molecule has 1 fully saturated rings. The molecule has 0 aromatic heterocycles. The lowest BCUT2D eigenvalue weighted by Crippen LogP contribution is -2.30. The Morgan fingerprint density at radius 3 is 3.00 bits per heavy atom. The zero-order chi connectivity index (χ0) is 11.3. The molecule has 2 unspecified atom stereocenters. The van der Waals surface area contributed by atoms with Gasteiger partial charge < -0.3 is 5.32 Å². The molecule has 1 saturated heterocycles. The molecule has 1 N–H and O–H groups in total. The molecule has 1 aliphatic carbocycles. The first kappa shape index (κ1) is 10.9. The molecule has 3 rings (SSSR count). The summed E-state index contributed by atoms with van der Waals surface area (Å²) < 4.78 is 0. The maximum Gasteiger partial charge on any atom is 0.0627 e. The van der Waals surface area contributed by atoms with Gasteiger partial charge in [0.25, 0.3) is 0 Å². The summed E-state index contributed by atoms with van der Waals surface area (Å²) in [5.74, 6) is 0.603. The van der Waals surface area contributed by atoms with Crippen LogP contribution in [0, 0.1) is 5.41 Å². The third-order valence-corrected chi connectivity index (χ3v) is 5.12. The van der Waals surface area contributed by atoms with Crippen molar-refractivity contribution in [3.63, 3.8) is 0 Å². The molecule has 16 heavy (non-hydrogen) atoms. The first-order chi connectivity index (χ1) is 7.62. The van der Waals surface area contributed by atoms with Crippen LogP contribution in [-0.4, -0.2) is 13.1 Å². The summed E-state index contributed by atoms with van der Waals surface area (Å²) in [5, 5.41) is 4.96. The maximum absolute atomic E-state index is 6.29. The van der Waals surface area contributed by atoms with E-state index in [1.807, 2.05) is 6.07 Å². The van der Waals surface area contributed by atoms with Crippen LogP contribution >= 0.6 is 23.2 Å². The highest BCUT2D eigenvalue weighted by Gasteiger charge is 2.43. The Morgan fingerprint density at radius 1 is 1.38 bits per heavy atom. The minimum atomic E-state index is 0.407. The van der Waals surface area contributed by atoms with E-state index in [0.29, 0.717) is 16.4 Å². The van der Waals surface area contributed by atoms with Crippen molar-refractivity contribution in [2.45, 2.75) is 25.7 Å². The molecule has 1 nitrogen and oxygen atoms in total. The highest BCUT2D eigenvalue weighted by molar-refractivity contribution is 6.42. The molecule has 0 spiro atoms. The Morgan fingerprint density at radius 2 is 2.19 bits per heavy atom. The second-order valence-electron chi connectivity index (χ2n) is 5.27. The number of hydrogen-bond acceptors (Lipinski definition) is 1. The van der Waals surface area contributed by atoms with Crippen molar-refractivity contribution in [2.24, 2.45) is 5.41 Å². The average Bonchev–Trinajstić information content (AvgIpc) is 2.65. The van der Waals surface area contributed by atoms with Gasteiger partial charge in [0.05, 0.1) is 10.0 Å². The number of rotatable bonds is 0. The SMILES string of the molecule is CC12CCc3c(ccc(Cl)c3Cl)C1CNC2. The quantitative estimate of drug-likeness (QED) is 0.747. The molecule has 86 valence electrons. The van der Waals surface area contributed by atoms with E-state index in [9.17, 15) is 0 Å². The van der Waals surface area contributed by atoms with E-state index >= 15 is 0 Å². The topological polar surface area (TPSA) is 12.0 Å². The minimum absolute atomic E-state index is 0.407. The summed E-state index contributed by atoms with van der Waals surface area (Å²) in [5.41, 5.74) is 3.10. The van der Waals surface area contributed by atoms with Crippen molar-refractivity contribution >= 4 is 23.2 Å². The zero-order valence-corrected chi connectivity index (χ0v) is 10.8. The molecule has 0 saturated carbocycles. The standard InChI is InChI=1S/C13H15Cl2N/c1-13-5-4-9-8(10(13)6-16-7-13)2-3-11(14)12(9)15/h2-3,10,16H,4-7H2,1H3. The van der Waals surface area contributed by atoms with Gasteiger partial charge in [0.15, 0.2) is 0 Å². The Balaban J connectivity index is 2.14. The third kappa shape index (κ3) is 1.42. The Hall–Kier alpha value is -0.240. The molecule has 0 radical (unpaired) electrons. The van der Waals surface area contributed by atoms with Gasteiger partial charge in [-0.3, -0.25) is 0 Å². The van der Waals surface area contributed by atoms with Crippen LogP contribution in [-0.2, 0) is 6.42 Å². The summed E-state index contributed by atoms with van der Waals surface area (Å²) in [6.45, 7) is 4.57. The van der Waals surface area contributed by atoms with Crippen LogP contribution in [0.2, 0.25) is 10.0 Å². The smallest absolute Gasteiger partial charge is 0.0627 e. The predicted octanol–water partition coefficient (Wildman–Crippen LogP) is 3.63. The molecule has 0 amide bonds. The Bertz CT molecular complexity index is 444. The summed E-state index contributed by atoms with van der Waals surface area (Å²) in [6, 6.07) is 4.10. The van der Waals surface area contributed by atoms with Crippen LogP contribution in [0.25, 0.3) is 0 Å². The van der Waals surface area contributed by atoms with Crippen LogP contribution in [0.4, 0.5) is 0 Å². The fourth-order valence-electron chi connectivity index (χ4n) is 3.22. The van der Waals surface area contributed by atoms with Crippen LogP contribution < -0.4 is 5.32 Å².